The highest BCUT2D eigenvalue weighted by Crippen LogP contribution is 2.32. The molecule has 0 unspecified atom stereocenters. The number of aliphatic hydroxyl groups is 1. The zero-order chi connectivity index (χ0) is 12.0. The van der Waals surface area contributed by atoms with Gasteiger partial charge in [-0.2, -0.15) is 4.31 Å². The molecule has 1 fully saturated rings. The first-order valence-electron chi connectivity index (χ1n) is 5.07. The van der Waals surface area contributed by atoms with E-state index >= 15 is 0 Å². The number of sulfonamides is 1. The van der Waals surface area contributed by atoms with Crippen LogP contribution in [0.25, 0.3) is 0 Å². The fourth-order valence-corrected chi connectivity index (χ4v) is 3.08. The Morgan fingerprint density at radius 1 is 1.56 bits per heavy atom. The monoisotopic (exact) mass is 245 g/mol. The van der Waals surface area contributed by atoms with Crippen molar-refractivity contribution in [1.29, 1.82) is 0 Å². The largest absolute Gasteiger partial charge is 0.387 e. The first-order chi connectivity index (χ1) is 7.36. The molecule has 0 atom stereocenters. The minimum absolute atomic E-state index is 0.0423. The summed E-state index contributed by atoms with van der Waals surface area (Å²) in [5.74, 6) is 0.0423. The Hall–Kier alpha value is -0.920. The van der Waals surface area contributed by atoms with Crippen LogP contribution in [0.3, 0.4) is 0 Å². The molecule has 7 heteroatoms. The Balaban J connectivity index is 2.14. The summed E-state index contributed by atoms with van der Waals surface area (Å²) in [4.78, 5) is 6.24. The molecule has 1 aliphatic heterocycles. The van der Waals surface area contributed by atoms with E-state index in [9.17, 15) is 13.5 Å². The van der Waals surface area contributed by atoms with Gasteiger partial charge in [-0.15, -0.1) is 0 Å². The maximum atomic E-state index is 11.9. The SMILES string of the molecule is CC(C)C1(O)CN(S(=O)(=O)c2cnc[nH]2)C1. The van der Waals surface area contributed by atoms with Gasteiger partial charge in [-0.1, -0.05) is 13.8 Å². The number of hydrogen-bond donors (Lipinski definition) is 2. The second-order valence-corrected chi connectivity index (χ2v) is 6.35. The van der Waals surface area contributed by atoms with Gasteiger partial charge in [0.25, 0.3) is 10.0 Å². The number of H-pyrrole nitrogens is 1. The van der Waals surface area contributed by atoms with Crippen LogP contribution in [-0.4, -0.2) is 46.5 Å². The minimum Gasteiger partial charge on any atom is -0.387 e. The van der Waals surface area contributed by atoms with Gasteiger partial charge < -0.3 is 10.1 Å². The van der Waals surface area contributed by atoms with Gasteiger partial charge in [-0.05, 0) is 5.92 Å². The van der Waals surface area contributed by atoms with Gasteiger partial charge in [-0.3, -0.25) is 0 Å². The van der Waals surface area contributed by atoms with Gasteiger partial charge in [0.05, 0.1) is 18.1 Å². The van der Waals surface area contributed by atoms with E-state index < -0.39 is 15.6 Å². The predicted molar refractivity (Wildman–Crippen MR) is 57.1 cm³/mol. The molecule has 2 heterocycles. The first-order valence-corrected chi connectivity index (χ1v) is 6.51. The number of nitrogens with one attached hydrogen (secondary N) is 1. The highest BCUT2D eigenvalue weighted by molar-refractivity contribution is 7.89. The predicted octanol–water partition coefficient (Wildman–Crippen LogP) is -0.199. The van der Waals surface area contributed by atoms with Crippen LogP contribution in [0.4, 0.5) is 0 Å². The zero-order valence-corrected chi connectivity index (χ0v) is 10.0. The molecule has 1 aromatic rings. The highest BCUT2D eigenvalue weighted by atomic mass is 32.2. The van der Waals surface area contributed by atoms with Crippen LogP contribution in [0.5, 0.6) is 0 Å². The van der Waals surface area contributed by atoms with Crippen molar-refractivity contribution in [1.82, 2.24) is 14.3 Å². The molecule has 0 bridgehead atoms. The van der Waals surface area contributed by atoms with Gasteiger partial charge in [0.2, 0.25) is 0 Å². The van der Waals surface area contributed by atoms with Crippen molar-refractivity contribution in [3.05, 3.63) is 12.5 Å². The van der Waals surface area contributed by atoms with E-state index in [1.54, 1.807) is 0 Å². The molecule has 0 amide bonds. The molecule has 0 spiro atoms. The van der Waals surface area contributed by atoms with E-state index in [-0.39, 0.29) is 24.0 Å². The second kappa shape index (κ2) is 3.54. The number of hydrogen-bond acceptors (Lipinski definition) is 4. The van der Waals surface area contributed by atoms with Crippen molar-refractivity contribution < 1.29 is 13.5 Å². The molecule has 2 rings (SSSR count). The van der Waals surface area contributed by atoms with Crippen molar-refractivity contribution in [3.63, 3.8) is 0 Å². The zero-order valence-electron chi connectivity index (χ0n) is 9.21. The maximum absolute atomic E-state index is 11.9. The maximum Gasteiger partial charge on any atom is 0.260 e. The molecule has 0 aliphatic carbocycles. The first kappa shape index (κ1) is 11.6. The van der Waals surface area contributed by atoms with Gasteiger partial charge >= 0.3 is 0 Å². The van der Waals surface area contributed by atoms with E-state index in [0.29, 0.717) is 0 Å². The van der Waals surface area contributed by atoms with E-state index in [1.165, 1.54) is 16.8 Å². The van der Waals surface area contributed by atoms with Gasteiger partial charge in [0.1, 0.15) is 0 Å². The number of aromatic amines is 1. The van der Waals surface area contributed by atoms with Crippen LogP contribution in [0, 0.1) is 5.92 Å². The normalized spacial score (nSPS) is 21.0. The number of aromatic nitrogens is 2. The van der Waals surface area contributed by atoms with Crippen LogP contribution in [-0.2, 0) is 10.0 Å². The molecule has 0 radical (unpaired) electrons. The fraction of sp³-hybridized carbons (Fsp3) is 0.667. The number of rotatable bonds is 3. The third-order valence-corrected chi connectivity index (χ3v) is 4.78. The molecule has 6 nitrogen and oxygen atoms in total. The highest BCUT2D eigenvalue weighted by Gasteiger charge is 2.49. The Bertz CT molecular complexity index is 460. The van der Waals surface area contributed by atoms with Gasteiger partial charge in [0, 0.05) is 13.1 Å². The standard InChI is InChI=1S/C9H15N3O3S/c1-7(2)9(13)4-12(5-9)16(14,15)8-3-10-6-11-8/h3,6-7,13H,4-5H2,1-2H3,(H,10,11). The lowest BCUT2D eigenvalue weighted by Crippen LogP contribution is -2.65. The lowest BCUT2D eigenvalue weighted by atomic mass is 9.85. The van der Waals surface area contributed by atoms with Crippen molar-refractivity contribution in [2.24, 2.45) is 5.92 Å². The Kier molecular flexibility index (Phi) is 2.56. The topological polar surface area (TPSA) is 86.3 Å². The van der Waals surface area contributed by atoms with Crippen molar-refractivity contribution in [2.75, 3.05) is 13.1 Å². The number of β-amino-alcohol motifs (C(OH)–C–C–N with tert-alkyl or cyclic N) is 1. The molecule has 1 aliphatic rings. The Morgan fingerprint density at radius 2 is 2.19 bits per heavy atom. The summed E-state index contributed by atoms with van der Waals surface area (Å²) in [6.07, 6.45) is 2.59. The van der Waals surface area contributed by atoms with Gasteiger partial charge in [-0.25, -0.2) is 13.4 Å². The fourth-order valence-electron chi connectivity index (χ4n) is 1.62. The van der Waals surface area contributed by atoms with Crippen LogP contribution < -0.4 is 0 Å². The number of nitrogens with zero attached hydrogens (tertiary/aromatic N) is 2. The third-order valence-electron chi connectivity index (χ3n) is 3.07. The number of imidazole rings is 1. The van der Waals surface area contributed by atoms with Crippen LogP contribution >= 0.6 is 0 Å². The molecule has 1 saturated heterocycles. The molecule has 16 heavy (non-hydrogen) atoms. The molecule has 0 saturated carbocycles. The smallest absolute Gasteiger partial charge is 0.260 e. The molecule has 2 N–H and O–H groups in total. The summed E-state index contributed by atoms with van der Waals surface area (Å²) in [7, 11) is -3.51. The van der Waals surface area contributed by atoms with E-state index in [0.717, 1.165) is 0 Å². The average molecular weight is 245 g/mol. The van der Waals surface area contributed by atoms with E-state index in [2.05, 4.69) is 9.97 Å². The van der Waals surface area contributed by atoms with Crippen LogP contribution in [0.2, 0.25) is 0 Å². The quantitative estimate of drug-likeness (QED) is 0.772. The third kappa shape index (κ3) is 1.64. The lowest BCUT2D eigenvalue weighted by molar-refractivity contribution is -0.0933. The van der Waals surface area contributed by atoms with E-state index in [1.807, 2.05) is 13.8 Å². The molecular weight excluding hydrogens is 230 g/mol. The summed E-state index contributed by atoms with van der Waals surface area (Å²) in [6.45, 7) is 4.04. The summed E-state index contributed by atoms with van der Waals surface area (Å²) < 4.78 is 25.1. The van der Waals surface area contributed by atoms with E-state index in [4.69, 9.17) is 0 Å². The Morgan fingerprint density at radius 3 is 2.62 bits per heavy atom. The summed E-state index contributed by atoms with van der Waals surface area (Å²) in [6, 6.07) is 0. The van der Waals surface area contributed by atoms with Crippen molar-refractivity contribution >= 4 is 10.0 Å². The summed E-state index contributed by atoms with van der Waals surface area (Å²) >= 11 is 0. The summed E-state index contributed by atoms with van der Waals surface area (Å²) in [5.41, 5.74) is -0.896. The van der Waals surface area contributed by atoms with Crippen LogP contribution in [0.15, 0.2) is 17.6 Å². The molecule has 90 valence electrons. The molecule has 0 aromatic carbocycles. The average Bonchev–Trinajstić information content (AvgIpc) is 2.65. The van der Waals surface area contributed by atoms with Crippen molar-refractivity contribution in [2.45, 2.75) is 24.5 Å². The Labute approximate surface area is 94.4 Å². The second-order valence-electron chi connectivity index (χ2n) is 4.45. The minimum atomic E-state index is -3.51. The van der Waals surface area contributed by atoms with Gasteiger partial charge in [0.15, 0.2) is 5.03 Å². The molecular formula is C9H15N3O3S. The summed E-state index contributed by atoms with van der Waals surface area (Å²) in [5, 5.41) is 10.1. The molecule has 1 aromatic heterocycles. The van der Waals surface area contributed by atoms with Crippen molar-refractivity contribution in [3.8, 4) is 0 Å². The van der Waals surface area contributed by atoms with Crippen LogP contribution in [0.1, 0.15) is 13.8 Å². The lowest BCUT2D eigenvalue weighted by Gasteiger charge is -2.47.